The third kappa shape index (κ3) is 4.93. The Hall–Kier alpha value is -1.51. The minimum Gasteiger partial charge on any atom is -0.434 e. The summed E-state index contributed by atoms with van der Waals surface area (Å²) in [6.45, 7) is 9.01. The minimum atomic E-state index is -0.629. The first-order valence-corrected chi connectivity index (χ1v) is 6.94. The van der Waals surface area contributed by atoms with E-state index < -0.39 is 6.16 Å². The molecule has 0 atom stereocenters. The summed E-state index contributed by atoms with van der Waals surface area (Å²) in [6.07, 6.45) is 2.29. The molecule has 3 heteroatoms. The Bertz CT molecular complexity index is 393. The SMILES string of the molecule is CCCCOC(=O)Oc1ccc(C(C)(C)CC)cc1. The van der Waals surface area contributed by atoms with Crippen LogP contribution < -0.4 is 4.74 Å². The second-order valence-electron chi connectivity index (χ2n) is 5.32. The zero-order valence-corrected chi connectivity index (χ0v) is 12.4. The lowest BCUT2D eigenvalue weighted by Crippen LogP contribution is -2.15. The van der Waals surface area contributed by atoms with E-state index in [0.717, 1.165) is 19.3 Å². The number of carbonyl (C=O) groups is 1. The monoisotopic (exact) mass is 264 g/mol. The van der Waals surface area contributed by atoms with Crippen molar-refractivity contribution in [3.05, 3.63) is 29.8 Å². The van der Waals surface area contributed by atoms with Crippen LogP contribution in [0.25, 0.3) is 0 Å². The summed E-state index contributed by atoms with van der Waals surface area (Å²) in [7, 11) is 0. The van der Waals surface area contributed by atoms with Crippen molar-refractivity contribution < 1.29 is 14.3 Å². The Morgan fingerprint density at radius 2 is 1.79 bits per heavy atom. The fraction of sp³-hybridized carbons (Fsp3) is 0.562. The van der Waals surface area contributed by atoms with Crippen molar-refractivity contribution in [3.8, 4) is 5.75 Å². The van der Waals surface area contributed by atoms with E-state index in [1.807, 2.05) is 31.2 Å². The van der Waals surface area contributed by atoms with Crippen LogP contribution >= 0.6 is 0 Å². The van der Waals surface area contributed by atoms with Crippen LogP contribution in [0.2, 0.25) is 0 Å². The molecule has 1 rings (SSSR count). The number of hydrogen-bond donors (Lipinski definition) is 0. The van der Waals surface area contributed by atoms with Gasteiger partial charge in [-0.3, -0.25) is 0 Å². The van der Waals surface area contributed by atoms with E-state index >= 15 is 0 Å². The molecule has 0 aliphatic rings. The van der Waals surface area contributed by atoms with Crippen molar-refractivity contribution in [2.24, 2.45) is 0 Å². The van der Waals surface area contributed by atoms with Gasteiger partial charge >= 0.3 is 6.16 Å². The maximum atomic E-state index is 11.4. The fourth-order valence-corrected chi connectivity index (χ4v) is 1.60. The van der Waals surface area contributed by atoms with Gasteiger partial charge in [0.1, 0.15) is 5.75 Å². The van der Waals surface area contributed by atoms with Crippen LogP contribution in [-0.2, 0) is 10.2 Å². The third-order valence-electron chi connectivity index (χ3n) is 3.44. The first-order valence-electron chi connectivity index (χ1n) is 6.94. The highest BCUT2D eigenvalue weighted by atomic mass is 16.7. The van der Waals surface area contributed by atoms with Crippen LogP contribution in [0.3, 0.4) is 0 Å². The molecule has 0 aliphatic heterocycles. The Kier molecular flexibility index (Phi) is 5.87. The first-order chi connectivity index (χ1) is 8.99. The number of ether oxygens (including phenoxy) is 2. The highest BCUT2D eigenvalue weighted by molar-refractivity contribution is 5.63. The van der Waals surface area contributed by atoms with Gasteiger partial charge in [-0.2, -0.15) is 0 Å². The molecule has 0 aliphatic carbocycles. The summed E-state index contributed by atoms with van der Waals surface area (Å²) in [4.78, 5) is 11.4. The third-order valence-corrected chi connectivity index (χ3v) is 3.44. The van der Waals surface area contributed by atoms with Gasteiger partial charge in [-0.05, 0) is 36.0 Å². The molecule has 0 unspecified atom stereocenters. The summed E-state index contributed by atoms with van der Waals surface area (Å²) >= 11 is 0. The Balaban J connectivity index is 2.55. The highest BCUT2D eigenvalue weighted by Crippen LogP contribution is 2.28. The smallest absolute Gasteiger partial charge is 0.434 e. The number of carbonyl (C=O) groups excluding carboxylic acids is 1. The van der Waals surface area contributed by atoms with Crippen molar-refractivity contribution >= 4 is 6.16 Å². The topological polar surface area (TPSA) is 35.5 Å². The van der Waals surface area contributed by atoms with Crippen molar-refractivity contribution in [2.75, 3.05) is 6.61 Å². The normalized spacial score (nSPS) is 11.2. The summed E-state index contributed by atoms with van der Waals surface area (Å²) in [5, 5.41) is 0. The van der Waals surface area contributed by atoms with Gasteiger partial charge < -0.3 is 9.47 Å². The summed E-state index contributed by atoms with van der Waals surface area (Å²) in [5.41, 5.74) is 1.38. The summed E-state index contributed by atoms with van der Waals surface area (Å²) in [5.74, 6) is 0.525. The zero-order chi connectivity index (χ0) is 14.3. The number of rotatable bonds is 6. The van der Waals surface area contributed by atoms with E-state index in [-0.39, 0.29) is 5.41 Å². The van der Waals surface area contributed by atoms with E-state index in [0.29, 0.717) is 12.4 Å². The predicted octanol–water partition coefficient (Wildman–Crippen LogP) is 4.69. The molecule has 0 radical (unpaired) electrons. The predicted molar refractivity (Wildman–Crippen MR) is 76.6 cm³/mol. The first kappa shape index (κ1) is 15.5. The quantitative estimate of drug-likeness (QED) is 0.425. The average molecular weight is 264 g/mol. The van der Waals surface area contributed by atoms with Gasteiger partial charge in [0, 0.05) is 0 Å². The van der Waals surface area contributed by atoms with Crippen LogP contribution in [0.15, 0.2) is 24.3 Å². The van der Waals surface area contributed by atoms with E-state index in [2.05, 4.69) is 20.8 Å². The standard InChI is InChI=1S/C16H24O3/c1-5-7-12-18-15(17)19-14-10-8-13(9-11-14)16(3,4)6-2/h8-11H,5-7,12H2,1-4H3. The Morgan fingerprint density at radius 3 is 2.32 bits per heavy atom. The molecule has 19 heavy (non-hydrogen) atoms. The van der Waals surface area contributed by atoms with Crippen molar-refractivity contribution in [3.63, 3.8) is 0 Å². The van der Waals surface area contributed by atoms with Gasteiger partial charge in [-0.1, -0.05) is 46.2 Å². The molecule has 0 saturated heterocycles. The molecule has 0 heterocycles. The van der Waals surface area contributed by atoms with Gasteiger partial charge in [0.15, 0.2) is 0 Å². The zero-order valence-electron chi connectivity index (χ0n) is 12.4. The number of unbranched alkanes of at least 4 members (excludes halogenated alkanes) is 1. The largest absolute Gasteiger partial charge is 0.513 e. The van der Waals surface area contributed by atoms with E-state index in [1.165, 1.54) is 5.56 Å². The molecule has 0 fully saturated rings. The molecule has 0 bridgehead atoms. The molecule has 1 aromatic rings. The van der Waals surface area contributed by atoms with E-state index in [9.17, 15) is 4.79 Å². The molecule has 0 N–H and O–H groups in total. The van der Waals surface area contributed by atoms with Gasteiger partial charge in [0.25, 0.3) is 0 Å². The van der Waals surface area contributed by atoms with Gasteiger partial charge in [0.2, 0.25) is 0 Å². The van der Waals surface area contributed by atoms with Gasteiger partial charge in [-0.15, -0.1) is 0 Å². The minimum absolute atomic E-state index is 0.139. The van der Waals surface area contributed by atoms with Crippen LogP contribution in [0, 0.1) is 0 Å². The molecule has 0 aromatic heterocycles. The highest BCUT2D eigenvalue weighted by Gasteiger charge is 2.17. The molecular formula is C16H24O3. The second-order valence-corrected chi connectivity index (χ2v) is 5.32. The van der Waals surface area contributed by atoms with Crippen LogP contribution in [-0.4, -0.2) is 12.8 Å². The molecule has 0 saturated carbocycles. The maximum Gasteiger partial charge on any atom is 0.513 e. The lowest BCUT2D eigenvalue weighted by atomic mass is 9.82. The van der Waals surface area contributed by atoms with Gasteiger partial charge in [-0.25, -0.2) is 4.79 Å². The lowest BCUT2D eigenvalue weighted by Gasteiger charge is -2.23. The van der Waals surface area contributed by atoms with E-state index in [4.69, 9.17) is 9.47 Å². The molecular weight excluding hydrogens is 240 g/mol. The Labute approximate surface area is 115 Å². The summed E-state index contributed by atoms with van der Waals surface area (Å²) < 4.78 is 10.0. The van der Waals surface area contributed by atoms with Gasteiger partial charge in [0.05, 0.1) is 6.61 Å². The average Bonchev–Trinajstić information content (AvgIpc) is 2.39. The molecule has 1 aromatic carbocycles. The summed E-state index contributed by atoms with van der Waals surface area (Å²) in [6, 6.07) is 7.62. The number of hydrogen-bond acceptors (Lipinski definition) is 3. The van der Waals surface area contributed by atoms with Crippen LogP contribution in [0.4, 0.5) is 4.79 Å². The van der Waals surface area contributed by atoms with E-state index in [1.54, 1.807) is 0 Å². The Morgan fingerprint density at radius 1 is 1.16 bits per heavy atom. The van der Waals surface area contributed by atoms with Crippen LogP contribution in [0.5, 0.6) is 5.75 Å². The fourth-order valence-electron chi connectivity index (χ4n) is 1.60. The molecule has 0 spiro atoms. The lowest BCUT2D eigenvalue weighted by molar-refractivity contribution is 0.0978. The molecule has 0 amide bonds. The number of benzene rings is 1. The van der Waals surface area contributed by atoms with Crippen molar-refractivity contribution in [1.82, 2.24) is 0 Å². The van der Waals surface area contributed by atoms with Crippen molar-refractivity contribution in [1.29, 1.82) is 0 Å². The molecule has 3 nitrogen and oxygen atoms in total. The maximum absolute atomic E-state index is 11.4. The molecule has 106 valence electrons. The van der Waals surface area contributed by atoms with Crippen molar-refractivity contribution in [2.45, 2.75) is 52.4 Å². The van der Waals surface area contributed by atoms with Crippen LogP contribution in [0.1, 0.15) is 52.5 Å². The second kappa shape index (κ2) is 7.17.